The van der Waals surface area contributed by atoms with E-state index in [4.69, 9.17) is 16.3 Å². The van der Waals surface area contributed by atoms with E-state index in [1.165, 1.54) is 5.56 Å². The average Bonchev–Trinajstić information content (AvgIpc) is 2.73. The van der Waals surface area contributed by atoms with E-state index in [1.807, 2.05) is 64.1 Å². The van der Waals surface area contributed by atoms with E-state index in [9.17, 15) is 9.59 Å². The normalized spacial score (nSPS) is 11.8. The van der Waals surface area contributed by atoms with E-state index >= 15 is 0 Å². The summed E-state index contributed by atoms with van der Waals surface area (Å²) in [5, 5.41) is 3.58. The number of nitrogens with zero attached hydrogens (tertiary/aromatic N) is 1. The summed E-state index contributed by atoms with van der Waals surface area (Å²) in [6.45, 7) is 8.58. The fourth-order valence-corrected chi connectivity index (χ4v) is 3.40. The van der Waals surface area contributed by atoms with Gasteiger partial charge in [0.1, 0.15) is 11.8 Å². The molecule has 0 bridgehead atoms. The van der Waals surface area contributed by atoms with Gasteiger partial charge in [-0.15, -0.1) is 0 Å². The number of nitrogens with one attached hydrogen (secondary N) is 1. The van der Waals surface area contributed by atoms with E-state index in [2.05, 4.69) is 5.32 Å². The summed E-state index contributed by atoms with van der Waals surface area (Å²) in [6, 6.07) is 14.7. The van der Waals surface area contributed by atoms with Crippen molar-refractivity contribution in [1.82, 2.24) is 10.2 Å². The molecule has 2 aromatic rings. The topological polar surface area (TPSA) is 58.6 Å². The van der Waals surface area contributed by atoms with Gasteiger partial charge in [0.15, 0.2) is 0 Å². The smallest absolute Gasteiger partial charge is 0.243 e. The van der Waals surface area contributed by atoms with Gasteiger partial charge in [0.05, 0.1) is 6.61 Å². The maximum Gasteiger partial charge on any atom is 0.243 e. The van der Waals surface area contributed by atoms with Crippen LogP contribution < -0.4 is 10.1 Å². The van der Waals surface area contributed by atoms with Crippen molar-refractivity contribution in [2.45, 2.75) is 65.6 Å². The van der Waals surface area contributed by atoms with E-state index < -0.39 is 6.04 Å². The fourth-order valence-electron chi connectivity index (χ4n) is 3.28. The van der Waals surface area contributed by atoms with Gasteiger partial charge in [0, 0.05) is 24.0 Å². The Morgan fingerprint density at radius 2 is 1.71 bits per heavy atom. The van der Waals surface area contributed by atoms with Gasteiger partial charge in [-0.05, 0) is 63.4 Å². The molecule has 31 heavy (non-hydrogen) atoms. The second-order valence-corrected chi connectivity index (χ2v) is 8.44. The molecular weight excluding hydrogens is 412 g/mol. The minimum absolute atomic E-state index is 0.0111. The molecule has 0 aromatic heterocycles. The van der Waals surface area contributed by atoms with Gasteiger partial charge in [-0.2, -0.15) is 0 Å². The highest BCUT2D eigenvalue weighted by Gasteiger charge is 2.28. The Kier molecular flexibility index (Phi) is 9.86. The van der Waals surface area contributed by atoms with Crippen molar-refractivity contribution in [3.8, 4) is 5.75 Å². The lowest BCUT2D eigenvalue weighted by atomic mass is 10.1. The molecule has 0 fully saturated rings. The van der Waals surface area contributed by atoms with Crippen molar-refractivity contribution < 1.29 is 14.3 Å². The number of hydrogen-bond acceptors (Lipinski definition) is 3. The van der Waals surface area contributed by atoms with Crippen LogP contribution in [0.15, 0.2) is 48.5 Å². The molecule has 0 aliphatic rings. The first-order valence-electron chi connectivity index (χ1n) is 10.8. The van der Waals surface area contributed by atoms with E-state index in [0.717, 1.165) is 11.3 Å². The highest BCUT2D eigenvalue weighted by molar-refractivity contribution is 6.30. The molecule has 5 nitrogen and oxygen atoms in total. The quantitative estimate of drug-likeness (QED) is 0.488. The Morgan fingerprint density at radius 1 is 1.06 bits per heavy atom. The summed E-state index contributed by atoms with van der Waals surface area (Å²) in [6.07, 6.45) is 1.43. The minimum Gasteiger partial charge on any atom is -0.494 e. The zero-order chi connectivity index (χ0) is 22.8. The van der Waals surface area contributed by atoms with Crippen LogP contribution in [0.3, 0.4) is 0 Å². The van der Waals surface area contributed by atoms with Gasteiger partial charge in [-0.25, -0.2) is 0 Å². The molecule has 0 aliphatic carbocycles. The summed E-state index contributed by atoms with van der Waals surface area (Å²) >= 11 is 5.99. The SMILES string of the molecule is CC[C@@H](C(=O)NC(C)C)N(Cc1ccc(Cl)cc1)C(=O)CCCOc1ccc(C)cc1. The molecule has 0 heterocycles. The molecule has 168 valence electrons. The lowest BCUT2D eigenvalue weighted by molar-refractivity contribution is -0.141. The number of amides is 2. The van der Waals surface area contributed by atoms with E-state index in [1.54, 1.807) is 17.0 Å². The Balaban J connectivity index is 2.04. The third-order valence-corrected chi connectivity index (χ3v) is 5.16. The van der Waals surface area contributed by atoms with Crippen molar-refractivity contribution in [2.24, 2.45) is 0 Å². The van der Waals surface area contributed by atoms with E-state index in [0.29, 0.717) is 37.4 Å². The number of carbonyl (C=O) groups is 2. The molecule has 2 rings (SSSR count). The Labute approximate surface area is 190 Å². The zero-order valence-electron chi connectivity index (χ0n) is 18.9. The second kappa shape index (κ2) is 12.4. The molecule has 0 spiro atoms. The Hall–Kier alpha value is -2.53. The van der Waals surface area contributed by atoms with Crippen LogP contribution in [0.5, 0.6) is 5.75 Å². The van der Waals surface area contributed by atoms with Crippen LogP contribution in [0.4, 0.5) is 0 Å². The maximum atomic E-state index is 13.1. The standard InChI is InChI=1S/C25H33ClN2O3/c1-5-23(25(30)27-18(2)3)28(17-20-10-12-21(26)13-11-20)24(29)7-6-16-31-22-14-8-19(4)9-15-22/h8-15,18,23H,5-7,16-17H2,1-4H3,(H,27,30)/t23-/m0/s1. The van der Waals surface area contributed by atoms with Gasteiger partial charge in [0.25, 0.3) is 0 Å². The van der Waals surface area contributed by atoms with Crippen molar-refractivity contribution in [3.63, 3.8) is 0 Å². The van der Waals surface area contributed by atoms with Crippen LogP contribution in [-0.2, 0) is 16.1 Å². The van der Waals surface area contributed by atoms with Gasteiger partial charge < -0.3 is 15.0 Å². The van der Waals surface area contributed by atoms with Crippen LogP contribution in [0, 0.1) is 6.92 Å². The number of carbonyl (C=O) groups excluding carboxylic acids is 2. The second-order valence-electron chi connectivity index (χ2n) is 8.00. The van der Waals surface area contributed by atoms with Crippen LogP contribution in [0.1, 0.15) is 51.2 Å². The summed E-state index contributed by atoms with van der Waals surface area (Å²) in [7, 11) is 0. The predicted molar refractivity (Wildman–Crippen MR) is 125 cm³/mol. The first kappa shape index (κ1) is 24.7. The lowest BCUT2D eigenvalue weighted by Crippen LogP contribution is -2.50. The molecule has 0 radical (unpaired) electrons. The highest BCUT2D eigenvalue weighted by Crippen LogP contribution is 2.17. The van der Waals surface area contributed by atoms with Gasteiger partial charge in [-0.3, -0.25) is 9.59 Å². The summed E-state index contributed by atoms with van der Waals surface area (Å²) in [5.41, 5.74) is 2.11. The van der Waals surface area contributed by atoms with Crippen molar-refractivity contribution in [3.05, 3.63) is 64.7 Å². The molecule has 1 N–H and O–H groups in total. The Bertz CT molecular complexity index is 835. The monoisotopic (exact) mass is 444 g/mol. The first-order valence-corrected chi connectivity index (χ1v) is 11.2. The molecule has 2 amide bonds. The van der Waals surface area contributed by atoms with Crippen LogP contribution in [0.2, 0.25) is 5.02 Å². The average molecular weight is 445 g/mol. The first-order chi connectivity index (χ1) is 14.8. The number of aryl methyl sites for hydroxylation is 1. The number of ether oxygens (including phenoxy) is 1. The number of rotatable bonds is 11. The largest absolute Gasteiger partial charge is 0.494 e. The third kappa shape index (κ3) is 8.25. The minimum atomic E-state index is -0.524. The maximum absolute atomic E-state index is 13.1. The highest BCUT2D eigenvalue weighted by atomic mass is 35.5. The molecule has 6 heteroatoms. The number of hydrogen-bond donors (Lipinski definition) is 1. The van der Waals surface area contributed by atoms with Crippen LogP contribution >= 0.6 is 11.6 Å². The van der Waals surface area contributed by atoms with Crippen LogP contribution in [-0.4, -0.2) is 35.4 Å². The molecular formula is C25H33ClN2O3. The predicted octanol–water partition coefficient (Wildman–Crippen LogP) is 5.14. The number of benzene rings is 2. The molecule has 0 unspecified atom stereocenters. The molecule has 0 saturated heterocycles. The summed E-state index contributed by atoms with van der Waals surface area (Å²) in [4.78, 5) is 27.6. The number of halogens is 1. The fraction of sp³-hybridized carbons (Fsp3) is 0.440. The summed E-state index contributed by atoms with van der Waals surface area (Å²) in [5.74, 6) is 0.600. The van der Waals surface area contributed by atoms with Crippen molar-refractivity contribution in [2.75, 3.05) is 6.61 Å². The van der Waals surface area contributed by atoms with Crippen molar-refractivity contribution in [1.29, 1.82) is 0 Å². The van der Waals surface area contributed by atoms with Gasteiger partial charge in [0.2, 0.25) is 11.8 Å². The van der Waals surface area contributed by atoms with Gasteiger partial charge in [-0.1, -0.05) is 48.4 Å². The van der Waals surface area contributed by atoms with Gasteiger partial charge >= 0.3 is 0 Å². The zero-order valence-corrected chi connectivity index (χ0v) is 19.6. The van der Waals surface area contributed by atoms with Crippen LogP contribution in [0.25, 0.3) is 0 Å². The summed E-state index contributed by atoms with van der Waals surface area (Å²) < 4.78 is 5.74. The lowest BCUT2D eigenvalue weighted by Gasteiger charge is -2.31. The molecule has 2 aromatic carbocycles. The molecule has 0 saturated carbocycles. The Morgan fingerprint density at radius 3 is 2.29 bits per heavy atom. The van der Waals surface area contributed by atoms with Crippen molar-refractivity contribution >= 4 is 23.4 Å². The van der Waals surface area contributed by atoms with E-state index in [-0.39, 0.29) is 17.9 Å². The molecule has 0 aliphatic heterocycles. The third-order valence-electron chi connectivity index (χ3n) is 4.91. The molecule has 1 atom stereocenters.